The smallest absolute Gasteiger partial charge is 0.200 e. The maximum atomic E-state index is 5.78. The number of imidazole rings is 1. The Bertz CT molecular complexity index is 498. The van der Waals surface area contributed by atoms with Gasteiger partial charge in [0.05, 0.1) is 5.69 Å². The minimum Gasteiger partial charge on any atom is -0.369 e. The second-order valence-corrected chi connectivity index (χ2v) is 3.78. The highest BCUT2D eigenvalue weighted by molar-refractivity contribution is 5.67. The van der Waals surface area contributed by atoms with Crippen LogP contribution in [0.25, 0.3) is 11.3 Å². The Hall–Kier alpha value is -1.77. The average molecular weight is 201 g/mol. The first-order valence-electron chi connectivity index (χ1n) is 4.96. The largest absolute Gasteiger partial charge is 0.369 e. The quantitative estimate of drug-likeness (QED) is 0.769. The van der Waals surface area contributed by atoms with Crippen molar-refractivity contribution in [2.24, 2.45) is 7.05 Å². The van der Waals surface area contributed by atoms with Crippen LogP contribution in [0.2, 0.25) is 0 Å². The van der Waals surface area contributed by atoms with E-state index in [0.29, 0.717) is 5.95 Å². The van der Waals surface area contributed by atoms with Crippen molar-refractivity contribution in [2.75, 3.05) is 5.73 Å². The summed E-state index contributed by atoms with van der Waals surface area (Å²) in [5.74, 6) is 0.561. The number of hydrogen-bond donors (Lipinski definition) is 1. The summed E-state index contributed by atoms with van der Waals surface area (Å²) in [5, 5.41) is 0. The van der Waals surface area contributed by atoms with Gasteiger partial charge in [-0.25, -0.2) is 4.98 Å². The van der Waals surface area contributed by atoms with E-state index >= 15 is 0 Å². The zero-order valence-corrected chi connectivity index (χ0v) is 9.28. The summed E-state index contributed by atoms with van der Waals surface area (Å²) < 4.78 is 1.90. The standard InChI is InChI=1S/C12H15N3/c1-8-6-4-5-7-10(8)11-9(2)15(3)12(13)14-11/h4-7H,1-3H3,(H2,13,14). The van der Waals surface area contributed by atoms with Crippen LogP contribution in [0, 0.1) is 13.8 Å². The van der Waals surface area contributed by atoms with Crippen molar-refractivity contribution in [2.45, 2.75) is 13.8 Å². The highest BCUT2D eigenvalue weighted by Gasteiger charge is 2.11. The minimum atomic E-state index is 0.561. The van der Waals surface area contributed by atoms with E-state index in [2.05, 4.69) is 24.0 Å². The van der Waals surface area contributed by atoms with Crippen molar-refractivity contribution in [3.05, 3.63) is 35.5 Å². The van der Waals surface area contributed by atoms with E-state index < -0.39 is 0 Å². The molecule has 0 amide bonds. The third kappa shape index (κ3) is 1.50. The van der Waals surface area contributed by atoms with Crippen LogP contribution in [0.3, 0.4) is 0 Å². The second kappa shape index (κ2) is 3.42. The first kappa shape index (κ1) is 9.77. The summed E-state index contributed by atoms with van der Waals surface area (Å²) in [4.78, 5) is 4.38. The molecule has 0 aliphatic heterocycles. The van der Waals surface area contributed by atoms with Crippen molar-refractivity contribution in [3.63, 3.8) is 0 Å². The molecular formula is C12H15N3. The fourth-order valence-electron chi connectivity index (χ4n) is 1.69. The molecule has 15 heavy (non-hydrogen) atoms. The third-order valence-corrected chi connectivity index (χ3v) is 2.82. The first-order valence-corrected chi connectivity index (χ1v) is 4.96. The molecule has 0 fully saturated rings. The van der Waals surface area contributed by atoms with Crippen LogP contribution < -0.4 is 5.73 Å². The number of nitrogens with zero attached hydrogens (tertiary/aromatic N) is 2. The van der Waals surface area contributed by atoms with Gasteiger partial charge in [-0.15, -0.1) is 0 Å². The number of aromatic nitrogens is 2. The lowest BCUT2D eigenvalue weighted by Crippen LogP contribution is -1.97. The van der Waals surface area contributed by atoms with Crippen LogP contribution in [0.5, 0.6) is 0 Å². The number of anilines is 1. The van der Waals surface area contributed by atoms with Crippen molar-refractivity contribution < 1.29 is 0 Å². The lowest BCUT2D eigenvalue weighted by atomic mass is 10.1. The van der Waals surface area contributed by atoms with Crippen molar-refractivity contribution >= 4 is 5.95 Å². The Balaban J connectivity index is 2.65. The molecule has 0 radical (unpaired) electrons. The SMILES string of the molecule is Cc1ccccc1-c1nc(N)n(C)c1C. The van der Waals surface area contributed by atoms with Gasteiger partial charge in [0.2, 0.25) is 5.95 Å². The normalized spacial score (nSPS) is 10.6. The summed E-state index contributed by atoms with van der Waals surface area (Å²) in [7, 11) is 1.93. The van der Waals surface area contributed by atoms with Crippen LogP contribution >= 0.6 is 0 Å². The fraction of sp³-hybridized carbons (Fsp3) is 0.250. The summed E-state index contributed by atoms with van der Waals surface area (Å²) >= 11 is 0. The first-order chi connectivity index (χ1) is 7.11. The van der Waals surface area contributed by atoms with Crippen LogP contribution in [0.15, 0.2) is 24.3 Å². The van der Waals surface area contributed by atoms with Gasteiger partial charge in [-0.05, 0) is 19.4 Å². The van der Waals surface area contributed by atoms with Crippen LogP contribution in [-0.4, -0.2) is 9.55 Å². The van der Waals surface area contributed by atoms with E-state index in [-0.39, 0.29) is 0 Å². The number of nitrogen functional groups attached to an aromatic ring is 1. The molecule has 1 aromatic heterocycles. The highest BCUT2D eigenvalue weighted by atomic mass is 15.1. The lowest BCUT2D eigenvalue weighted by Gasteiger charge is -2.03. The van der Waals surface area contributed by atoms with Crippen LogP contribution in [-0.2, 0) is 7.05 Å². The molecule has 3 nitrogen and oxygen atoms in total. The molecular weight excluding hydrogens is 186 g/mol. The molecule has 0 aliphatic rings. The lowest BCUT2D eigenvalue weighted by molar-refractivity contribution is 0.889. The molecule has 3 heteroatoms. The van der Waals surface area contributed by atoms with Gasteiger partial charge in [0.15, 0.2) is 0 Å². The van der Waals surface area contributed by atoms with Crippen molar-refractivity contribution in [1.82, 2.24) is 9.55 Å². The number of rotatable bonds is 1. The number of hydrogen-bond acceptors (Lipinski definition) is 2. The molecule has 0 aliphatic carbocycles. The summed E-state index contributed by atoms with van der Waals surface area (Å²) in [6.45, 7) is 4.12. The van der Waals surface area contributed by atoms with Gasteiger partial charge in [0, 0.05) is 18.3 Å². The highest BCUT2D eigenvalue weighted by Crippen LogP contribution is 2.26. The molecule has 1 heterocycles. The van der Waals surface area contributed by atoms with Gasteiger partial charge >= 0.3 is 0 Å². The van der Waals surface area contributed by atoms with Gasteiger partial charge < -0.3 is 10.3 Å². The number of nitrogens with two attached hydrogens (primary N) is 1. The molecule has 0 saturated heterocycles. The molecule has 2 N–H and O–H groups in total. The predicted molar refractivity (Wildman–Crippen MR) is 62.5 cm³/mol. The molecule has 0 saturated carbocycles. The topological polar surface area (TPSA) is 43.8 Å². The monoisotopic (exact) mass is 201 g/mol. The molecule has 1 aromatic carbocycles. The van der Waals surface area contributed by atoms with Gasteiger partial charge in [-0.2, -0.15) is 0 Å². The predicted octanol–water partition coefficient (Wildman–Crippen LogP) is 2.29. The summed E-state index contributed by atoms with van der Waals surface area (Å²) in [6.07, 6.45) is 0. The molecule has 2 aromatic rings. The van der Waals surface area contributed by atoms with Crippen LogP contribution in [0.4, 0.5) is 5.95 Å². The summed E-state index contributed by atoms with van der Waals surface area (Å²) in [5.41, 5.74) is 10.2. The van der Waals surface area contributed by atoms with Gasteiger partial charge in [0.1, 0.15) is 0 Å². The Morgan fingerprint density at radius 1 is 1.20 bits per heavy atom. The van der Waals surface area contributed by atoms with Gasteiger partial charge in [0.25, 0.3) is 0 Å². The molecule has 0 unspecified atom stereocenters. The Labute approximate surface area is 89.6 Å². The van der Waals surface area contributed by atoms with E-state index in [1.54, 1.807) is 0 Å². The maximum Gasteiger partial charge on any atom is 0.200 e. The zero-order chi connectivity index (χ0) is 11.0. The molecule has 2 rings (SSSR count). The van der Waals surface area contributed by atoms with E-state index in [9.17, 15) is 0 Å². The van der Waals surface area contributed by atoms with E-state index in [4.69, 9.17) is 5.73 Å². The van der Waals surface area contributed by atoms with E-state index in [0.717, 1.165) is 17.0 Å². The molecule has 0 atom stereocenters. The average Bonchev–Trinajstić information content (AvgIpc) is 2.47. The Morgan fingerprint density at radius 3 is 2.40 bits per heavy atom. The number of benzene rings is 1. The summed E-state index contributed by atoms with van der Waals surface area (Å²) in [6, 6.07) is 8.21. The fourth-order valence-corrected chi connectivity index (χ4v) is 1.69. The van der Waals surface area contributed by atoms with Gasteiger partial charge in [-0.3, -0.25) is 0 Å². The minimum absolute atomic E-state index is 0.561. The molecule has 78 valence electrons. The maximum absolute atomic E-state index is 5.78. The number of aryl methyl sites for hydroxylation is 1. The van der Waals surface area contributed by atoms with E-state index in [1.165, 1.54) is 5.56 Å². The zero-order valence-electron chi connectivity index (χ0n) is 9.28. The van der Waals surface area contributed by atoms with Gasteiger partial charge in [-0.1, -0.05) is 24.3 Å². The Kier molecular flexibility index (Phi) is 2.23. The van der Waals surface area contributed by atoms with E-state index in [1.807, 2.05) is 30.7 Å². The van der Waals surface area contributed by atoms with Crippen LogP contribution in [0.1, 0.15) is 11.3 Å². The third-order valence-electron chi connectivity index (χ3n) is 2.82. The van der Waals surface area contributed by atoms with Crippen molar-refractivity contribution in [3.8, 4) is 11.3 Å². The Morgan fingerprint density at radius 2 is 1.87 bits per heavy atom. The van der Waals surface area contributed by atoms with Crippen molar-refractivity contribution in [1.29, 1.82) is 0 Å². The second-order valence-electron chi connectivity index (χ2n) is 3.78. The molecule has 0 bridgehead atoms. The molecule has 0 spiro atoms.